The molecule has 29 heavy (non-hydrogen) atoms. The Morgan fingerprint density at radius 1 is 1.07 bits per heavy atom. The molecule has 0 radical (unpaired) electrons. The Morgan fingerprint density at radius 3 is 2.41 bits per heavy atom. The van der Waals surface area contributed by atoms with Gasteiger partial charge >= 0.3 is 0 Å². The number of hydrogen-bond donors (Lipinski definition) is 1. The van der Waals surface area contributed by atoms with Crippen molar-refractivity contribution in [2.75, 3.05) is 29.5 Å². The van der Waals surface area contributed by atoms with E-state index in [1.807, 2.05) is 73.4 Å². The summed E-state index contributed by atoms with van der Waals surface area (Å²) in [6.07, 6.45) is 2.00. The van der Waals surface area contributed by atoms with Crippen LogP contribution in [-0.4, -0.2) is 40.3 Å². The molecule has 1 N–H and O–H groups in total. The molecule has 150 valence electrons. The number of benzene rings is 2. The molecule has 0 aliphatic carbocycles. The molecule has 2 aromatic carbocycles. The van der Waals surface area contributed by atoms with E-state index in [2.05, 4.69) is 22.3 Å². The Morgan fingerprint density at radius 2 is 1.72 bits per heavy atom. The maximum atomic E-state index is 12.6. The minimum atomic E-state index is -0.0378. The van der Waals surface area contributed by atoms with E-state index in [0.29, 0.717) is 0 Å². The zero-order valence-corrected chi connectivity index (χ0v) is 17.4. The number of thioether (sulfide) groups is 1. The van der Waals surface area contributed by atoms with Crippen molar-refractivity contribution in [3.05, 3.63) is 72.4 Å². The number of hydrogen-bond acceptors (Lipinski definition) is 4. The second-order valence-corrected chi connectivity index (χ2v) is 8.45. The Labute approximate surface area is 176 Å². The van der Waals surface area contributed by atoms with Crippen molar-refractivity contribution in [2.45, 2.75) is 19.5 Å². The molecule has 1 atom stereocenters. The molecule has 1 aromatic heterocycles. The van der Waals surface area contributed by atoms with Crippen LogP contribution in [0, 0.1) is 0 Å². The first-order chi connectivity index (χ1) is 14.2. The fraction of sp³-hybridized carbons (Fsp3) is 0.304. The molecule has 3 aromatic rings. The van der Waals surface area contributed by atoms with Crippen molar-refractivity contribution in [3.63, 3.8) is 0 Å². The van der Waals surface area contributed by atoms with Crippen LogP contribution in [0.1, 0.15) is 18.5 Å². The van der Waals surface area contributed by atoms with Gasteiger partial charge in [0.05, 0.1) is 6.04 Å². The van der Waals surface area contributed by atoms with Crippen molar-refractivity contribution in [1.29, 1.82) is 0 Å². The van der Waals surface area contributed by atoms with Crippen LogP contribution in [0.5, 0.6) is 0 Å². The predicted molar refractivity (Wildman–Crippen MR) is 120 cm³/mol. The van der Waals surface area contributed by atoms with Crippen LogP contribution in [-0.2, 0) is 11.3 Å². The van der Waals surface area contributed by atoms with Gasteiger partial charge in [-0.05, 0) is 18.1 Å². The molecule has 1 aliphatic heterocycles. The molecular formula is C23H26N4OS. The first-order valence-electron chi connectivity index (χ1n) is 10.0. The van der Waals surface area contributed by atoms with Crippen LogP contribution in [0.3, 0.4) is 0 Å². The summed E-state index contributed by atoms with van der Waals surface area (Å²) in [6, 6.07) is 20.3. The van der Waals surface area contributed by atoms with Gasteiger partial charge in [-0.3, -0.25) is 9.48 Å². The van der Waals surface area contributed by atoms with Crippen LogP contribution in [0.15, 0.2) is 66.9 Å². The van der Waals surface area contributed by atoms with Crippen molar-refractivity contribution in [1.82, 2.24) is 15.1 Å². The van der Waals surface area contributed by atoms with Crippen molar-refractivity contribution in [2.24, 2.45) is 0 Å². The van der Waals surface area contributed by atoms with Crippen LogP contribution < -0.4 is 10.2 Å². The minimum Gasteiger partial charge on any atom is -0.353 e. The smallest absolute Gasteiger partial charge is 0.242 e. The van der Waals surface area contributed by atoms with Gasteiger partial charge in [-0.2, -0.15) is 16.9 Å². The summed E-state index contributed by atoms with van der Waals surface area (Å²) in [6.45, 7) is 4.18. The molecule has 1 saturated heterocycles. The van der Waals surface area contributed by atoms with Gasteiger partial charge in [0, 0.05) is 36.4 Å². The van der Waals surface area contributed by atoms with E-state index in [9.17, 15) is 4.79 Å². The highest BCUT2D eigenvalue weighted by atomic mass is 32.2. The fourth-order valence-electron chi connectivity index (χ4n) is 3.58. The third-order valence-corrected chi connectivity index (χ3v) is 6.06. The molecular weight excluding hydrogens is 380 g/mol. The Balaban J connectivity index is 1.53. The van der Waals surface area contributed by atoms with E-state index >= 15 is 0 Å². The maximum absolute atomic E-state index is 12.6. The van der Waals surface area contributed by atoms with Gasteiger partial charge in [0.15, 0.2) is 5.82 Å². The molecule has 4 rings (SSSR count). The van der Waals surface area contributed by atoms with E-state index in [-0.39, 0.29) is 18.5 Å². The molecule has 0 bridgehead atoms. The zero-order chi connectivity index (χ0) is 20.1. The summed E-state index contributed by atoms with van der Waals surface area (Å²) in [4.78, 5) is 15.0. The topological polar surface area (TPSA) is 50.2 Å². The van der Waals surface area contributed by atoms with Gasteiger partial charge < -0.3 is 10.2 Å². The Bertz CT molecular complexity index is 936. The van der Waals surface area contributed by atoms with Gasteiger partial charge in [-0.1, -0.05) is 60.7 Å². The lowest BCUT2D eigenvalue weighted by Gasteiger charge is -2.27. The lowest BCUT2D eigenvalue weighted by Crippen LogP contribution is -2.33. The molecule has 0 saturated carbocycles. The monoisotopic (exact) mass is 406 g/mol. The van der Waals surface area contributed by atoms with Gasteiger partial charge in [-0.15, -0.1) is 0 Å². The number of aromatic nitrogens is 2. The number of rotatable bonds is 6. The SMILES string of the molecule is C[C@@H](NC(=O)Cn1cc(-c2ccccc2)c(N2CCSCC2)n1)c1ccccc1. The number of nitrogens with zero attached hydrogens (tertiary/aromatic N) is 3. The minimum absolute atomic E-state index is 0.0357. The summed E-state index contributed by atoms with van der Waals surface area (Å²) in [5.74, 6) is 3.15. The van der Waals surface area contributed by atoms with Gasteiger partial charge in [-0.25, -0.2) is 0 Å². The number of amides is 1. The normalized spacial score (nSPS) is 15.1. The van der Waals surface area contributed by atoms with E-state index in [1.165, 1.54) is 0 Å². The molecule has 1 aliphatic rings. The van der Waals surface area contributed by atoms with Crippen LogP contribution in [0.2, 0.25) is 0 Å². The fourth-order valence-corrected chi connectivity index (χ4v) is 4.48. The summed E-state index contributed by atoms with van der Waals surface area (Å²) in [5.41, 5.74) is 3.31. The average molecular weight is 407 g/mol. The number of nitrogens with one attached hydrogen (secondary N) is 1. The van der Waals surface area contributed by atoms with E-state index in [0.717, 1.165) is 47.1 Å². The number of anilines is 1. The molecule has 1 amide bonds. The van der Waals surface area contributed by atoms with Crippen molar-refractivity contribution in [3.8, 4) is 11.1 Å². The lowest BCUT2D eigenvalue weighted by molar-refractivity contribution is -0.122. The second kappa shape index (κ2) is 9.18. The first kappa shape index (κ1) is 19.6. The highest BCUT2D eigenvalue weighted by molar-refractivity contribution is 7.99. The van der Waals surface area contributed by atoms with Crippen LogP contribution in [0.25, 0.3) is 11.1 Å². The van der Waals surface area contributed by atoms with Crippen LogP contribution in [0.4, 0.5) is 5.82 Å². The van der Waals surface area contributed by atoms with Crippen LogP contribution >= 0.6 is 11.8 Å². The standard InChI is InChI=1S/C23H26N4OS/c1-18(19-8-4-2-5-9-19)24-22(28)17-27-16-21(20-10-6-3-7-11-20)23(25-27)26-12-14-29-15-13-26/h2-11,16,18H,12-15,17H2,1H3,(H,24,28)/t18-/m1/s1. The van der Waals surface area contributed by atoms with Crippen molar-refractivity contribution < 1.29 is 4.79 Å². The third kappa shape index (κ3) is 4.82. The summed E-state index contributed by atoms with van der Waals surface area (Å²) < 4.78 is 1.77. The molecule has 1 fully saturated rings. The van der Waals surface area contributed by atoms with E-state index < -0.39 is 0 Å². The van der Waals surface area contributed by atoms with E-state index in [1.54, 1.807) is 4.68 Å². The Hall–Kier alpha value is -2.73. The van der Waals surface area contributed by atoms with E-state index in [4.69, 9.17) is 5.10 Å². The molecule has 5 nitrogen and oxygen atoms in total. The molecule has 0 unspecified atom stereocenters. The quantitative estimate of drug-likeness (QED) is 0.673. The zero-order valence-electron chi connectivity index (χ0n) is 16.6. The van der Waals surface area contributed by atoms with Gasteiger partial charge in [0.1, 0.15) is 6.54 Å². The second-order valence-electron chi connectivity index (χ2n) is 7.23. The summed E-state index contributed by atoms with van der Waals surface area (Å²) >= 11 is 1.98. The lowest BCUT2D eigenvalue weighted by atomic mass is 10.1. The number of carbonyl (C=O) groups is 1. The average Bonchev–Trinajstić information content (AvgIpc) is 3.19. The van der Waals surface area contributed by atoms with Crippen molar-refractivity contribution >= 4 is 23.5 Å². The molecule has 2 heterocycles. The molecule has 6 heteroatoms. The summed E-state index contributed by atoms with van der Waals surface area (Å²) in [5, 5.41) is 7.88. The Kier molecular flexibility index (Phi) is 6.20. The largest absolute Gasteiger partial charge is 0.353 e. The maximum Gasteiger partial charge on any atom is 0.242 e. The third-order valence-electron chi connectivity index (χ3n) is 5.12. The van der Waals surface area contributed by atoms with Gasteiger partial charge in [0.2, 0.25) is 5.91 Å². The summed E-state index contributed by atoms with van der Waals surface area (Å²) in [7, 11) is 0. The highest BCUT2D eigenvalue weighted by Gasteiger charge is 2.20. The van der Waals surface area contributed by atoms with Gasteiger partial charge in [0.25, 0.3) is 0 Å². The molecule has 0 spiro atoms. The first-order valence-corrected chi connectivity index (χ1v) is 11.2. The predicted octanol–water partition coefficient (Wildman–Crippen LogP) is 3.98. The number of carbonyl (C=O) groups excluding carboxylic acids is 1. The highest BCUT2D eigenvalue weighted by Crippen LogP contribution is 2.31.